The molecule has 0 unspecified atom stereocenters. The standard InChI is InChI=1S/C35H47ClN8O2/c1-7-29(46)42-20-35(21-42)16-26(17-35)44-23(3)30(31-27-18-37-38-28(27)14-22(2)32(31)36)33(39-44)43-9-8-25(15-34(43,5)6)19-40-10-12-41(13-11-40)24(4)45/h7,14,18,25-26H,1,8-13,15-17,19-21H2,2-6H3,(H,37,38)/t25-/m1/s1. The number of anilines is 1. The van der Waals surface area contributed by atoms with Crippen LogP contribution in [0.25, 0.3) is 22.0 Å². The number of piperidine rings is 1. The zero-order chi connectivity index (χ0) is 32.5. The van der Waals surface area contributed by atoms with Crippen molar-refractivity contribution < 1.29 is 9.59 Å². The van der Waals surface area contributed by atoms with E-state index in [1.165, 1.54) is 6.08 Å². The second-order valence-corrected chi connectivity index (χ2v) is 15.4. The van der Waals surface area contributed by atoms with Gasteiger partial charge in [0, 0.05) is 92.4 Å². The average Bonchev–Trinajstić information content (AvgIpc) is 3.56. The second-order valence-electron chi connectivity index (χ2n) is 15.0. The van der Waals surface area contributed by atoms with Gasteiger partial charge in [0.25, 0.3) is 0 Å². The summed E-state index contributed by atoms with van der Waals surface area (Å²) in [6.07, 6.45) is 7.48. The molecule has 7 rings (SSSR count). The number of aryl methyl sites for hydroxylation is 1. The average molecular weight is 647 g/mol. The highest BCUT2D eigenvalue weighted by atomic mass is 35.5. The highest BCUT2D eigenvalue weighted by molar-refractivity contribution is 6.36. The van der Waals surface area contributed by atoms with Crippen molar-refractivity contribution in [1.82, 2.24) is 34.7 Å². The number of halogens is 1. The topological polar surface area (TPSA) is 93.6 Å². The summed E-state index contributed by atoms with van der Waals surface area (Å²) in [5.74, 6) is 1.78. The number of carbonyl (C=O) groups excluding carboxylic acids is 2. The Bertz CT molecular complexity index is 1690. The fraction of sp³-hybridized carbons (Fsp3) is 0.600. The molecule has 3 saturated heterocycles. The number of amides is 2. The van der Waals surface area contributed by atoms with E-state index in [4.69, 9.17) is 16.7 Å². The maximum Gasteiger partial charge on any atom is 0.245 e. The van der Waals surface area contributed by atoms with Crippen molar-refractivity contribution >= 4 is 40.1 Å². The number of fused-ring (bicyclic) bond motifs is 1. The maximum atomic E-state index is 12.1. The molecule has 1 saturated carbocycles. The van der Waals surface area contributed by atoms with E-state index >= 15 is 0 Å². The van der Waals surface area contributed by atoms with E-state index in [0.29, 0.717) is 5.92 Å². The lowest BCUT2D eigenvalue weighted by Gasteiger charge is -2.58. The molecule has 4 aliphatic rings. The number of hydrogen-bond donors (Lipinski definition) is 1. The lowest BCUT2D eigenvalue weighted by molar-refractivity contribution is -0.149. The molecular formula is C35H47ClN8O2. The first-order valence-corrected chi connectivity index (χ1v) is 17.2. The molecule has 3 aliphatic heterocycles. The van der Waals surface area contributed by atoms with Gasteiger partial charge >= 0.3 is 0 Å². The smallest absolute Gasteiger partial charge is 0.245 e. The molecule has 1 aliphatic carbocycles. The Morgan fingerprint density at radius 3 is 2.43 bits per heavy atom. The molecule has 0 radical (unpaired) electrons. The molecule has 2 aromatic heterocycles. The molecule has 1 aromatic carbocycles. The van der Waals surface area contributed by atoms with Crippen molar-refractivity contribution in [2.24, 2.45) is 11.3 Å². The van der Waals surface area contributed by atoms with Crippen LogP contribution in [0.15, 0.2) is 24.9 Å². The summed E-state index contributed by atoms with van der Waals surface area (Å²) < 4.78 is 2.26. The SMILES string of the molecule is C=CC(=O)N1CC2(CC(n3nc(N4CC[C@@H](CN5CCN(C(C)=O)CC5)CC4(C)C)c(-c4c(Cl)c(C)cc5[nH]ncc45)c3C)C2)C1. The van der Waals surface area contributed by atoms with Gasteiger partial charge in [-0.3, -0.25) is 24.3 Å². The number of aromatic nitrogens is 4. The van der Waals surface area contributed by atoms with Gasteiger partial charge in [0.15, 0.2) is 5.82 Å². The molecule has 10 nitrogen and oxygen atoms in total. The molecule has 4 fully saturated rings. The predicted octanol–water partition coefficient (Wildman–Crippen LogP) is 5.21. The molecule has 11 heteroatoms. The van der Waals surface area contributed by atoms with Crippen LogP contribution in [0.4, 0.5) is 5.82 Å². The Kier molecular flexibility index (Phi) is 7.74. The van der Waals surface area contributed by atoms with Gasteiger partial charge in [0.05, 0.1) is 22.8 Å². The molecule has 246 valence electrons. The Balaban J connectivity index is 1.18. The third-order valence-electron chi connectivity index (χ3n) is 11.3. The zero-order valence-corrected chi connectivity index (χ0v) is 28.7. The largest absolute Gasteiger partial charge is 0.349 e. The third kappa shape index (κ3) is 5.21. The zero-order valence-electron chi connectivity index (χ0n) is 27.9. The van der Waals surface area contributed by atoms with Crippen LogP contribution in [0, 0.1) is 25.2 Å². The lowest BCUT2D eigenvalue weighted by atomic mass is 9.60. The molecule has 3 aromatic rings. The normalized spacial score (nSPS) is 23.1. The van der Waals surface area contributed by atoms with Gasteiger partial charge in [0.1, 0.15) is 0 Å². The first kappa shape index (κ1) is 31.2. The Hall–Kier alpha value is -3.37. The number of nitrogens with one attached hydrogen (secondary N) is 1. The third-order valence-corrected chi connectivity index (χ3v) is 11.8. The summed E-state index contributed by atoms with van der Waals surface area (Å²) in [4.78, 5) is 32.9. The number of piperazine rings is 1. The second kappa shape index (κ2) is 11.4. The molecule has 5 heterocycles. The van der Waals surface area contributed by atoms with Crippen LogP contribution in [0.3, 0.4) is 0 Å². The van der Waals surface area contributed by atoms with E-state index < -0.39 is 0 Å². The summed E-state index contributed by atoms with van der Waals surface area (Å²) in [6, 6.07) is 2.35. The van der Waals surface area contributed by atoms with Crippen LogP contribution < -0.4 is 4.90 Å². The van der Waals surface area contributed by atoms with E-state index in [2.05, 4.69) is 65.0 Å². The fourth-order valence-corrected chi connectivity index (χ4v) is 9.15. The summed E-state index contributed by atoms with van der Waals surface area (Å²) in [6.45, 7) is 21.4. The van der Waals surface area contributed by atoms with Gasteiger partial charge in [-0.15, -0.1) is 0 Å². The number of benzene rings is 1. The van der Waals surface area contributed by atoms with E-state index in [1.54, 1.807) is 6.92 Å². The van der Waals surface area contributed by atoms with Gasteiger partial charge in [-0.1, -0.05) is 18.2 Å². The van der Waals surface area contributed by atoms with Gasteiger partial charge in [-0.2, -0.15) is 10.2 Å². The van der Waals surface area contributed by atoms with Crippen molar-refractivity contribution in [2.45, 2.75) is 71.9 Å². The van der Waals surface area contributed by atoms with Crippen LogP contribution in [0.2, 0.25) is 5.02 Å². The van der Waals surface area contributed by atoms with Crippen molar-refractivity contribution in [1.29, 1.82) is 0 Å². The van der Waals surface area contributed by atoms with E-state index in [1.807, 2.05) is 16.0 Å². The highest BCUT2D eigenvalue weighted by Crippen LogP contribution is 2.56. The van der Waals surface area contributed by atoms with Gasteiger partial charge in [-0.05, 0) is 77.0 Å². The number of aromatic amines is 1. The predicted molar refractivity (Wildman–Crippen MR) is 182 cm³/mol. The Labute approximate surface area is 276 Å². The molecular weight excluding hydrogens is 600 g/mol. The number of likely N-dealkylation sites (tertiary alicyclic amines) is 1. The highest BCUT2D eigenvalue weighted by Gasteiger charge is 2.54. The Morgan fingerprint density at radius 2 is 1.78 bits per heavy atom. The number of hydrogen-bond acceptors (Lipinski definition) is 6. The maximum absolute atomic E-state index is 12.1. The lowest BCUT2D eigenvalue weighted by Crippen LogP contribution is -2.63. The minimum atomic E-state index is -0.114. The molecule has 2 amide bonds. The summed E-state index contributed by atoms with van der Waals surface area (Å²) in [5, 5.41) is 14.8. The van der Waals surface area contributed by atoms with E-state index in [-0.39, 0.29) is 28.8 Å². The van der Waals surface area contributed by atoms with Crippen LogP contribution in [-0.4, -0.2) is 104 Å². The van der Waals surface area contributed by atoms with E-state index in [0.717, 1.165) is 122 Å². The molecule has 1 spiro atoms. The van der Waals surface area contributed by atoms with Gasteiger partial charge in [-0.25, -0.2) is 0 Å². The fourth-order valence-electron chi connectivity index (χ4n) is 8.90. The number of rotatable bonds is 6. The number of nitrogens with zero attached hydrogens (tertiary/aromatic N) is 7. The van der Waals surface area contributed by atoms with Crippen LogP contribution in [0.5, 0.6) is 0 Å². The van der Waals surface area contributed by atoms with Crippen molar-refractivity contribution in [2.75, 3.05) is 57.3 Å². The summed E-state index contributed by atoms with van der Waals surface area (Å²) in [5.41, 5.74) is 5.30. The van der Waals surface area contributed by atoms with Crippen molar-refractivity contribution in [3.63, 3.8) is 0 Å². The van der Waals surface area contributed by atoms with Crippen LogP contribution in [-0.2, 0) is 9.59 Å². The monoisotopic (exact) mass is 646 g/mol. The summed E-state index contributed by atoms with van der Waals surface area (Å²) >= 11 is 7.18. The quantitative estimate of drug-likeness (QED) is 0.370. The number of carbonyl (C=O) groups is 2. The van der Waals surface area contributed by atoms with Crippen LogP contribution in [0.1, 0.15) is 63.8 Å². The van der Waals surface area contributed by atoms with Crippen LogP contribution >= 0.6 is 11.6 Å². The molecule has 46 heavy (non-hydrogen) atoms. The van der Waals surface area contributed by atoms with Gasteiger partial charge < -0.3 is 14.7 Å². The van der Waals surface area contributed by atoms with Gasteiger partial charge in [0.2, 0.25) is 11.8 Å². The summed E-state index contributed by atoms with van der Waals surface area (Å²) in [7, 11) is 0. The Morgan fingerprint density at radius 1 is 1.07 bits per heavy atom. The van der Waals surface area contributed by atoms with Crippen molar-refractivity contribution in [3.05, 3.63) is 41.2 Å². The minimum Gasteiger partial charge on any atom is -0.349 e. The molecule has 0 bridgehead atoms. The first-order chi connectivity index (χ1) is 21.9. The molecule has 1 atom stereocenters. The van der Waals surface area contributed by atoms with Crippen molar-refractivity contribution in [3.8, 4) is 11.1 Å². The first-order valence-electron chi connectivity index (χ1n) is 16.8. The minimum absolute atomic E-state index is 0.0242. The molecule has 1 N–H and O–H groups in total. The van der Waals surface area contributed by atoms with E-state index in [9.17, 15) is 9.59 Å². The number of H-pyrrole nitrogens is 1.